The van der Waals surface area contributed by atoms with Crippen LogP contribution in [0.3, 0.4) is 0 Å². The number of nitrogens with one attached hydrogen (secondary N) is 1. The number of pyridine rings is 1. The number of ether oxygens (including phenoxy) is 3. The van der Waals surface area contributed by atoms with Crippen LogP contribution in [0.25, 0.3) is 0 Å². The van der Waals surface area contributed by atoms with Crippen molar-refractivity contribution in [2.45, 2.75) is 45.2 Å². The number of hydrogen-bond donors (Lipinski definition) is 1. The Morgan fingerprint density at radius 3 is 2.54 bits per heavy atom. The number of nitrogens with zero attached hydrogens (tertiary/aromatic N) is 3. The summed E-state index contributed by atoms with van der Waals surface area (Å²) >= 11 is 0. The molecule has 9 heteroatoms. The summed E-state index contributed by atoms with van der Waals surface area (Å²) in [7, 11) is 3.20. The minimum absolute atomic E-state index is 0.238. The quantitative estimate of drug-likeness (QED) is 0.520. The standard InChI is InChI=1S/C28H38N4O5/c1-4-37-27(34)30-23(22-7-8-24(35-2)25(18-22)36-3)9-14-31-15-10-28(11-16-31)12-17-32(26(28)33)20-21-6-5-13-29-19-21/h5-8,13,18-19,23H,4,9-12,14-17,20H2,1-3H3,(H,30,34). The molecule has 0 radical (unpaired) electrons. The summed E-state index contributed by atoms with van der Waals surface area (Å²) in [5, 5.41) is 3.00. The van der Waals surface area contributed by atoms with E-state index in [0.717, 1.165) is 56.6 Å². The molecule has 2 aliphatic heterocycles. The molecule has 1 atom stereocenters. The Labute approximate surface area is 219 Å². The van der Waals surface area contributed by atoms with Crippen molar-refractivity contribution in [3.8, 4) is 11.5 Å². The molecule has 1 N–H and O–H groups in total. The highest BCUT2D eigenvalue weighted by Crippen LogP contribution is 2.42. The summed E-state index contributed by atoms with van der Waals surface area (Å²) in [6.45, 7) is 6.06. The third-order valence-corrected chi connectivity index (χ3v) is 7.62. The van der Waals surface area contributed by atoms with Crippen LogP contribution in [0.5, 0.6) is 11.5 Å². The second-order valence-electron chi connectivity index (χ2n) is 9.78. The van der Waals surface area contributed by atoms with Crippen LogP contribution in [0.1, 0.15) is 49.8 Å². The highest BCUT2D eigenvalue weighted by Gasteiger charge is 2.47. The van der Waals surface area contributed by atoms with Gasteiger partial charge in [0, 0.05) is 32.0 Å². The van der Waals surface area contributed by atoms with Crippen molar-refractivity contribution in [2.24, 2.45) is 5.41 Å². The van der Waals surface area contributed by atoms with E-state index in [2.05, 4.69) is 15.2 Å². The van der Waals surface area contributed by atoms with Crippen molar-refractivity contribution in [2.75, 3.05) is 47.0 Å². The van der Waals surface area contributed by atoms with Crippen molar-refractivity contribution in [1.29, 1.82) is 0 Å². The maximum absolute atomic E-state index is 13.3. The lowest BCUT2D eigenvalue weighted by atomic mass is 9.77. The zero-order chi connectivity index (χ0) is 26.3. The van der Waals surface area contributed by atoms with Gasteiger partial charge in [0.2, 0.25) is 5.91 Å². The first kappa shape index (κ1) is 26.7. The first-order chi connectivity index (χ1) is 18.0. The molecule has 2 fully saturated rings. The minimum Gasteiger partial charge on any atom is -0.493 e. The molecular weight excluding hydrogens is 472 g/mol. The number of aromatic nitrogens is 1. The largest absolute Gasteiger partial charge is 0.493 e. The Bertz CT molecular complexity index is 1060. The van der Waals surface area contributed by atoms with Crippen LogP contribution in [-0.4, -0.2) is 73.8 Å². The summed E-state index contributed by atoms with van der Waals surface area (Å²) in [6, 6.07) is 9.38. The SMILES string of the molecule is CCOC(=O)NC(CCN1CCC2(CC1)CCN(Cc1cccnc1)C2=O)c1ccc(OC)c(OC)c1. The Kier molecular flexibility index (Phi) is 8.87. The fourth-order valence-electron chi connectivity index (χ4n) is 5.44. The molecule has 200 valence electrons. The van der Waals surface area contributed by atoms with E-state index < -0.39 is 6.09 Å². The van der Waals surface area contributed by atoms with Gasteiger partial charge in [-0.15, -0.1) is 0 Å². The van der Waals surface area contributed by atoms with Crippen LogP contribution in [0.4, 0.5) is 4.79 Å². The predicted octanol–water partition coefficient (Wildman–Crippen LogP) is 3.79. The zero-order valence-corrected chi connectivity index (χ0v) is 22.1. The van der Waals surface area contributed by atoms with Gasteiger partial charge < -0.3 is 29.3 Å². The van der Waals surface area contributed by atoms with Crippen LogP contribution < -0.4 is 14.8 Å². The molecule has 0 saturated carbocycles. The number of piperidine rings is 1. The molecule has 3 heterocycles. The van der Waals surface area contributed by atoms with E-state index in [4.69, 9.17) is 14.2 Å². The number of likely N-dealkylation sites (tertiary alicyclic amines) is 2. The van der Waals surface area contributed by atoms with Crippen LogP contribution in [-0.2, 0) is 16.1 Å². The highest BCUT2D eigenvalue weighted by molar-refractivity contribution is 5.85. The molecule has 4 rings (SSSR count). The highest BCUT2D eigenvalue weighted by atomic mass is 16.5. The smallest absolute Gasteiger partial charge is 0.407 e. The number of methoxy groups -OCH3 is 2. The van der Waals surface area contributed by atoms with Crippen molar-refractivity contribution in [1.82, 2.24) is 20.1 Å². The Hall–Kier alpha value is -3.33. The summed E-state index contributed by atoms with van der Waals surface area (Å²) in [6.07, 6.45) is 6.50. The van der Waals surface area contributed by atoms with Crippen molar-refractivity contribution in [3.05, 3.63) is 53.9 Å². The number of benzene rings is 1. The van der Waals surface area contributed by atoms with Gasteiger partial charge in [-0.05, 0) is 75.0 Å². The Morgan fingerprint density at radius 1 is 1.11 bits per heavy atom. The molecule has 1 unspecified atom stereocenters. The average Bonchev–Trinajstić information content (AvgIpc) is 3.22. The molecule has 0 aliphatic carbocycles. The minimum atomic E-state index is -0.440. The molecule has 2 aromatic rings. The topological polar surface area (TPSA) is 93.2 Å². The molecule has 2 aliphatic rings. The van der Waals surface area contributed by atoms with E-state index in [9.17, 15) is 9.59 Å². The lowest BCUT2D eigenvalue weighted by Crippen LogP contribution is -2.45. The van der Waals surface area contributed by atoms with E-state index in [0.29, 0.717) is 31.1 Å². The second kappa shape index (κ2) is 12.3. The van der Waals surface area contributed by atoms with Gasteiger partial charge in [0.15, 0.2) is 11.5 Å². The number of alkyl carbamates (subject to hydrolysis) is 1. The molecule has 0 bridgehead atoms. The molecule has 37 heavy (non-hydrogen) atoms. The normalized spacial score (nSPS) is 18.0. The second-order valence-corrected chi connectivity index (χ2v) is 9.78. The van der Waals surface area contributed by atoms with E-state index in [1.54, 1.807) is 27.3 Å². The lowest BCUT2D eigenvalue weighted by molar-refractivity contribution is -0.138. The lowest BCUT2D eigenvalue weighted by Gasteiger charge is -2.38. The Morgan fingerprint density at radius 2 is 1.86 bits per heavy atom. The van der Waals surface area contributed by atoms with Gasteiger partial charge in [-0.25, -0.2) is 4.79 Å². The number of carbonyl (C=O) groups excluding carboxylic acids is 2. The number of rotatable bonds is 10. The van der Waals surface area contributed by atoms with Crippen molar-refractivity contribution < 1.29 is 23.8 Å². The summed E-state index contributed by atoms with van der Waals surface area (Å²) in [5.74, 6) is 1.54. The van der Waals surface area contributed by atoms with Crippen LogP contribution in [0.15, 0.2) is 42.7 Å². The monoisotopic (exact) mass is 510 g/mol. The first-order valence-corrected chi connectivity index (χ1v) is 13.0. The van der Waals surface area contributed by atoms with Crippen molar-refractivity contribution >= 4 is 12.0 Å². The summed E-state index contributed by atoms with van der Waals surface area (Å²) in [4.78, 5) is 34.2. The molecule has 1 aromatic heterocycles. The van der Waals surface area contributed by atoms with Gasteiger partial charge >= 0.3 is 6.09 Å². The number of amides is 2. The Balaban J connectivity index is 1.35. The van der Waals surface area contributed by atoms with Gasteiger partial charge in [-0.1, -0.05) is 12.1 Å². The van der Waals surface area contributed by atoms with E-state index in [1.807, 2.05) is 41.4 Å². The third-order valence-electron chi connectivity index (χ3n) is 7.62. The van der Waals surface area contributed by atoms with Gasteiger partial charge in [-0.2, -0.15) is 0 Å². The van der Waals surface area contributed by atoms with E-state index >= 15 is 0 Å². The molecule has 1 spiro atoms. The molecule has 9 nitrogen and oxygen atoms in total. The van der Waals surface area contributed by atoms with Gasteiger partial charge in [0.05, 0.1) is 32.3 Å². The van der Waals surface area contributed by atoms with Crippen molar-refractivity contribution in [3.63, 3.8) is 0 Å². The first-order valence-electron chi connectivity index (χ1n) is 13.0. The van der Waals surface area contributed by atoms with Gasteiger partial charge in [0.1, 0.15) is 0 Å². The molecule has 1 aromatic carbocycles. The number of carbonyl (C=O) groups is 2. The summed E-state index contributed by atoms with van der Waals surface area (Å²) in [5.41, 5.74) is 1.75. The van der Waals surface area contributed by atoms with E-state index in [1.165, 1.54) is 0 Å². The van der Waals surface area contributed by atoms with Gasteiger partial charge in [-0.3, -0.25) is 9.78 Å². The third kappa shape index (κ3) is 6.33. The molecule has 2 saturated heterocycles. The molecular formula is C28H38N4O5. The summed E-state index contributed by atoms with van der Waals surface area (Å²) < 4.78 is 16.0. The number of hydrogen-bond acceptors (Lipinski definition) is 7. The zero-order valence-electron chi connectivity index (χ0n) is 22.1. The van der Waals surface area contributed by atoms with Gasteiger partial charge in [0.25, 0.3) is 0 Å². The van der Waals surface area contributed by atoms with E-state index in [-0.39, 0.29) is 17.4 Å². The fraction of sp³-hybridized carbons (Fsp3) is 0.536. The van der Waals surface area contributed by atoms with Crippen LogP contribution in [0.2, 0.25) is 0 Å². The average molecular weight is 511 g/mol. The van der Waals surface area contributed by atoms with Crippen LogP contribution >= 0.6 is 0 Å². The maximum Gasteiger partial charge on any atom is 0.407 e. The molecule has 2 amide bonds. The van der Waals surface area contributed by atoms with Crippen LogP contribution in [0, 0.1) is 5.41 Å². The fourth-order valence-corrected chi connectivity index (χ4v) is 5.44. The maximum atomic E-state index is 13.3. The predicted molar refractivity (Wildman–Crippen MR) is 139 cm³/mol.